The van der Waals surface area contributed by atoms with Crippen LogP contribution >= 0.6 is 22.6 Å². The van der Waals surface area contributed by atoms with Crippen LogP contribution in [0.15, 0.2) is 12.4 Å². The molecule has 0 N–H and O–H groups in total. The molecule has 0 aromatic carbocycles. The fourth-order valence-corrected chi connectivity index (χ4v) is 4.05. The number of amides is 1. The number of nitrogens with zero attached hydrogens (tertiary/aromatic N) is 3. The summed E-state index contributed by atoms with van der Waals surface area (Å²) in [6.07, 6.45) is 7.31. The summed E-state index contributed by atoms with van der Waals surface area (Å²) in [4.78, 5) is 14.1. The maximum Gasteiger partial charge on any atom is 0.410 e. The molecular weight excluding hydrogens is 393 g/mol. The second kappa shape index (κ2) is 6.02. The van der Waals surface area contributed by atoms with Crippen molar-refractivity contribution in [1.82, 2.24) is 14.7 Å². The Labute approximate surface area is 145 Å². The minimum Gasteiger partial charge on any atom is -0.444 e. The van der Waals surface area contributed by atoms with Crippen molar-refractivity contribution in [2.24, 2.45) is 11.8 Å². The first-order valence-corrected chi connectivity index (χ1v) is 9.07. The van der Waals surface area contributed by atoms with Gasteiger partial charge in [-0.05, 0) is 74.5 Å². The van der Waals surface area contributed by atoms with E-state index in [1.807, 2.05) is 31.9 Å². The average Bonchev–Trinajstić information content (AvgIpc) is 3.01. The molecule has 1 aliphatic heterocycles. The lowest BCUT2D eigenvalue weighted by molar-refractivity contribution is 0.0284. The van der Waals surface area contributed by atoms with E-state index in [0.29, 0.717) is 17.9 Å². The SMILES string of the molecule is CC(C)(C)OC(=O)N1CC2CCC(n3cc(I)cn3)CC2C1. The topological polar surface area (TPSA) is 47.4 Å². The molecule has 0 radical (unpaired) electrons. The molecule has 22 heavy (non-hydrogen) atoms. The zero-order valence-corrected chi connectivity index (χ0v) is 15.6. The van der Waals surface area contributed by atoms with Crippen molar-refractivity contribution in [1.29, 1.82) is 0 Å². The molecule has 1 aliphatic carbocycles. The Kier molecular flexibility index (Phi) is 4.40. The van der Waals surface area contributed by atoms with Crippen LogP contribution in [0, 0.1) is 15.4 Å². The summed E-state index contributed by atoms with van der Waals surface area (Å²) in [5.74, 6) is 1.20. The third kappa shape index (κ3) is 3.58. The number of rotatable bonds is 1. The molecule has 5 nitrogen and oxygen atoms in total. The number of hydrogen-bond donors (Lipinski definition) is 0. The maximum atomic E-state index is 12.2. The molecule has 3 unspecified atom stereocenters. The van der Waals surface area contributed by atoms with Gasteiger partial charge in [0.2, 0.25) is 0 Å². The third-order valence-electron chi connectivity index (χ3n) is 4.62. The summed E-state index contributed by atoms with van der Waals surface area (Å²) in [5, 5.41) is 4.46. The van der Waals surface area contributed by atoms with Crippen LogP contribution in [0.5, 0.6) is 0 Å². The molecule has 122 valence electrons. The van der Waals surface area contributed by atoms with Gasteiger partial charge in [-0.15, -0.1) is 0 Å². The van der Waals surface area contributed by atoms with E-state index in [2.05, 4.69) is 38.6 Å². The van der Waals surface area contributed by atoms with E-state index in [9.17, 15) is 4.79 Å². The lowest BCUT2D eigenvalue weighted by Gasteiger charge is -2.30. The zero-order chi connectivity index (χ0) is 15.9. The van der Waals surface area contributed by atoms with Crippen LogP contribution in [-0.4, -0.2) is 39.5 Å². The predicted molar refractivity (Wildman–Crippen MR) is 92.6 cm³/mol. The van der Waals surface area contributed by atoms with Gasteiger partial charge < -0.3 is 9.64 Å². The Hall–Kier alpha value is -0.790. The van der Waals surface area contributed by atoms with E-state index in [4.69, 9.17) is 4.74 Å². The van der Waals surface area contributed by atoms with Crippen LogP contribution in [0.4, 0.5) is 4.79 Å². The highest BCUT2D eigenvalue weighted by atomic mass is 127. The summed E-state index contributed by atoms with van der Waals surface area (Å²) >= 11 is 2.30. The first kappa shape index (κ1) is 16.1. The molecule has 0 spiro atoms. The van der Waals surface area contributed by atoms with E-state index in [1.54, 1.807) is 0 Å². The van der Waals surface area contributed by atoms with E-state index in [-0.39, 0.29) is 6.09 Å². The van der Waals surface area contributed by atoms with Crippen LogP contribution in [0.25, 0.3) is 0 Å². The number of fused-ring (bicyclic) bond motifs is 1. The van der Waals surface area contributed by atoms with Gasteiger partial charge in [-0.3, -0.25) is 4.68 Å². The summed E-state index contributed by atoms with van der Waals surface area (Å²) in [6.45, 7) is 7.44. The van der Waals surface area contributed by atoms with Crippen molar-refractivity contribution in [3.05, 3.63) is 16.0 Å². The van der Waals surface area contributed by atoms with Crippen molar-refractivity contribution >= 4 is 28.7 Å². The Morgan fingerprint density at radius 3 is 2.68 bits per heavy atom. The molecule has 1 amide bonds. The molecule has 3 rings (SSSR count). The van der Waals surface area contributed by atoms with Gasteiger partial charge in [-0.25, -0.2) is 4.79 Å². The first-order valence-electron chi connectivity index (χ1n) is 7.99. The van der Waals surface area contributed by atoms with Crippen LogP contribution in [-0.2, 0) is 4.74 Å². The molecule has 2 heterocycles. The molecule has 0 bridgehead atoms. The summed E-state index contributed by atoms with van der Waals surface area (Å²) in [6, 6.07) is 0.475. The number of carbonyl (C=O) groups excluding carboxylic acids is 1. The Balaban J connectivity index is 1.61. The second-order valence-corrected chi connectivity index (χ2v) is 8.76. The number of aromatic nitrogens is 2. The van der Waals surface area contributed by atoms with Crippen molar-refractivity contribution in [2.45, 2.75) is 51.7 Å². The highest BCUT2D eigenvalue weighted by molar-refractivity contribution is 14.1. The Bertz CT molecular complexity index is 552. The van der Waals surface area contributed by atoms with Gasteiger partial charge in [0.05, 0.1) is 15.8 Å². The fourth-order valence-electron chi connectivity index (χ4n) is 3.64. The molecule has 1 aromatic rings. The van der Waals surface area contributed by atoms with E-state index in [1.165, 1.54) is 9.99 Å². The number of hydrogen-bond acceptors (Lipinski definition) is 3. The fraction of sp³-hybridized carbons (Fsp3) is 0.750. The number of carbonyl (C=O) groups is 1. The molecule has 1 aromatic heterocycles. The van der Waals surface area contributed by atoms with Crippen LogP contribution in [0.3, 0.4) is 0 Å². The molecule has 6 heteroatoms. The summed E-state index contributed by atoms with van der Waals surface area (Å²) in [5.41, 5.74) is -0.418. The Morgan fingerprint density at radius 2 is 2.05 bits per heavy atom. The highest BCUT2D eigenvalue weighted by Crippen LogP contribution is 2.41. The molecule has 2 aliphatic rings. The first-order chi connectivity index (χ1) is 10.3. The number of likely N-dealkylation sites (tertiary alicyclic amines) is 1. The molecule has 2 fully saturated rings. The summed E-state index contributed by atoms with van der Waals surface area (Å²) in [7, 11) is 0. The molecule has 3 atom stereocenters. The quantitative estimate of drug-likeness (QED) is 0.655. The van der Waals surface area contributed by atoms with E-state index < -0.39 is 5.60 Å². The van der Waals surface area contributed by atoms with Gasteiger partial charge >= 0.3 is 6.09 Å². The molecule has 1 saturated carbocycles. The van der Waals surface area contributed by atoms with Gasteiger partial charge in [0.15, 0.2) is 0 Å². The largest absolute Gasteiger partial charge is 0.444 e. The van der Waals surface area contributed by atoms with Gasteiger partial charge in [0.1, 0.15) is 5.60 Å². The lowest BCUT2D eigenvalue weighted by Crippen LogP contribution is -2.35. The molecule has 1 saturated heterocycles. The van der Waals surface area contributed by atoms with Gasteiger partial charge in [-0.2, -0.15) is 5.10 Å². The summed E-state index contributed by atoms with van der Waals surface area (Å²) < 4.78 is 8.80. The maximum absolute atomic E-state index is 12.2. The minimum absolute atomic E-state index is 0.160. The van der Waals surface area contributed by atoms with Crippen LogP contribution < -0.4 is 0 Å². The normalized spacial score (nSPS) is 28.5. The predicted octanol–water partition coefficient (Wildman–Crippen LogP) is 3.70. The Morgan fingerprint density at radius 1 is 1.32 bits per heavy atom. The minimum atomic E-state index is -0.418. The van der Waals surface area contributed by atoms with Gasteiger partial charge in [0.25, 0.3) is 0 Å². The monoisotopic (exact) mass is 417 g/mol. The lowest BCUT2D eigenvalue weighted by atomic mass is 9.79. The van der Waals surface area contributed by atoms with E-state index >= 15 is 0 Å². The van der Waals surface area contributed by atoms with Crippen LogP contribution in [0.1, 0.15) is 46.1 Å². The van der Waals surface area contributed by atoms with Crippen molar-refractivity contribution in [2.75, 3.05) is 13.1 Å². The van der Waals surface area contributed by atoms with Crippen molar-refractivity contribution in [3.8, 4) is 0 Å². The van der Waals surface area contributed by atoms with Crippen molar-refractivity contribution < 1.29 is 9.53 Å². The second-order valence-electron chi connectivity index (χ2n) is 7.51. The third-order valence-corrected chi connectivity index (χ3v) is 5.17. The zero-order valence-electron chi connectivity index (χ0n) is 13.5. The average molecular weight is 417 g/mol. The van der Waals surface area contributed by atoms with Crippen LogP contribution in [0.2, 0.25) is 0 Å². The van der Waals surface area contributed by atoms with Gasteiger partial charge in [-0.1, -0.05) is 0 Å². The standard InChI is InChI=1S/C16H24IN3O2/c1-16(2,3)22-15(21)19-8-11-4-5-14(6-12(11)9-19)20-10-13(17)7-18-20/h7,10-12,14H,4-6,8-9H2,1-3H3. The smallest absolute Gasteiger partial charge is 0.410 e. The molecular formula is C16H24IN3O2. The van der Waals surface area contributed by atoms with Gasteiger partial charge in [0, 0.05) is 19.3 Å². The number of halogens is 1. The highest BCUT2D eigenvalue weighted by Gasteiger charge is 2.41. The number of ether oxygens (including phenoxy) is 1. The van der Waals surface area contributed by atoms with E-state index in [0.717, 1.165) is 25.9 Å². The van der Waals surface area contributed by atoms with Crippen molar-refractivity contribution in [3.63, 3.8) is 0 Å².